The summed E-state index contributed by atoms with van der Waals surface area (Å²) >= 11 is 0. The van der Waals surface area contributed by atoms with Gasteiger partial charge in [0.25, 0.3) is 0 Å². The first kappa shape index (κ1) is 28.3. The van der Waals surface area contributed by atoms with Gasteiger partial charge in [-0.1, -0.05) is 38.6 Å². The van der Waals surface area contributed by atoms with Crippen LogP contribution in [0, 0.1) is 18.6 Å². The van der Waals surface area contributed by atoms with E-state index in [-0.39, 0.29) is 46.2 Å². The third-order valence-corrected chi connectivity index (χ3v) is 8.11. The average Bonchev–Trinajstić information content (AvgIpc) is 3.46. The summed E-state index contributed by atoms with van der Waals surface area (Å²) in [5, 5.41) is 0.883. The largest absolute Gasteiger partial charge is 0.464 e. The van der Waals surface area contributed by atoms with E-state index in [0.717, 1.165) is 11.1 Å². The van der Waals surface area contributed by atoms with Crippen molar-refractivity contribution in [2.45, 2.75) is 39.7 Å². The first-order valence-electron chi connectivity index (χ1n) is 14.2. The van der Waals surface area contributed by atoms with Crippen molar-refractivity contribution in [3.05, 3.63) is 94.6 Å². The molecule has 1 aliphatic heterocycles. The molecule has 0 bridgehead atoms. The predicted molar refractivity (Wildman–Crippen MR) is 163 cm³/mol. The Balaban J connectivity index is 1.67. The Morgan fingerprint density at radius 3 is 2.63 bits per heavy atom. The Morgan fingerprint density at radius 2 is 1.91 bits per heavy atom. The molecule has 43 heavy (non-hydrogen) atoms. The molecule has 0 radical (unpaired) electrons. The normalized spacial score (nSPS) is 15.6. The second-order valence-electron chi connectivity index (χ2n) is 11.2. The molecule has 10 heteroatoms. The molecule has 1 saturated heterocycles. The third kappa shape index (κ3) is 4.67. The molecular formula is C33H31F2N5O3. The fraction of sp³-hybridized carbons (Fsp3) is 0.273. The number of halogens is 2. The molecular weight excluding hydrogens is 552 g/mol. The second kappa shape index (κ2) is 10.8. The molecule has 0 saturated carbocycles. The van der Waals surface area contributed by atoms with E-state index in [1.165, 1.54) is 29.0 Å². The molecule has 1 atom stereocenters. The Hall–Kier alpha value is -4.86. The fourth-order valence-electron chi connectivity index (χ4n) is 5.98. The number of amides is 1. The monoisotopic (exact) mass is 583 g/mol. The lowest BCUT2D eigenvalue weighted by molar-refractivity contribution is -0.126. The van der Waals surface area contributed by atoms with Crippen molar-refractivity contribution in [2.24, 2.45) is 0 Å². The topological polar surface area (TPSA) is 84.5 Å². The number of benzene rings is 2. The minimum atomic E-state index is -0.787. The number of aryl methyl sites for hydroxylation is 1. The summed E-state index contributed by atoms with van der Waals surface area (Å²) in [5.74, 6) is -1.38. The third-order valence-electron chi connectivity index (χ3n) is 8.11. The van der Waals surface area contributed by atoms with Crippen LogP contribution in [0.25, 0.3) is 38.9 Å². The number of anilines is 1. The van der Waals surface area contributed by atoms with Crippen LogP contribution in [0.5, 0.6) is 0 Å². The molecule has 0 N–H and O–H groups in total. The van der Waals surface area contributed by atoms with Crippen molar-refractivity contribution in [2.75, 3.05) is 24.5 Å². The predicted octanol–water partition coefficient (Wildman–Crippen LogP) is 6.13. The van der Waals surface area contributed by atoms with Crippen molar-refractivity contribution in [3.8, 4) is 16.9 Å². The van der Waals surface area contributed by atoms with Crippen LogP contribution in [0.1, 0.15) is 37.8 Å². The van der Waals surface area contributed by atoms with Crippen LogP contribution < -0.4 is 10.6 Å². The van der Waals surface area contributed by atoms with E-state index in [1.54, 1.807) is 17.0 Å². The average molecular weight is 584 g/mol. The fourth-order valence-corrected chi connectivity index (χ4v) is 5.98. The maximum atomic E-state index is 16.1. The second-order valence-corrected chi connectivity index (χ2v) is 11.2. The van der Waals surface area contributed by atoms with Gasteiger partial charge in [0.2, 0.25) is 5.91 Å². The number of rotatable bonds is 5. The molecule has 6 rings (SSSR count). The minimum absolute atomic E-state index is 0.0428. The highest BCUT2D eigenvalue weighted by Crippen LogP contribution is 2.37. The summed E-state index contributed by atoms with van der Waals surface area (Å²) in [5.41, 5.74) is 1.59. The molecule has 4 heterocycles. The number of aromatic nitrogens is 3. The molecule has 1 fully saturated rings. The van der Waals surface area contributed by atoms with Crippen molar-refractivity contribution < 1.29 is 18.0 Å². The summed E-state index contributed by atoms with van der Waals surface area (Å²) in [4.78, 5) is 39.1. The lowest BCUT2D eigenvalue weighted by Crippen LogP contribution is -2.54. The molecule has 0 aliphatic carbocycles. The van der Waals surface area contributed by atoms with Crippen LogP contribution in [0.3, 0.4) is 0 Å². The Labute approximate surface area is 246 Å². The van der Waals surface area contributed by atoms with Crippen LogP contribution >= 0.6 is 0 Å². The van der Waals surface area contributed by atoms with E-state index in [1.807, 2.05) is 50.8 Å². The van der Waals surface area contributed by atoms with E-state index >= 15 is 8.78 Å². The summed E-state index contributed by atoms with van der Waals surface area (Å²) in [6.45, 7) is 12.5. The van der Waals surface area contributed by atoms with Crippen LogP contribution in [0.4, 0.5) is 14.6 Å². The van der Waals surface area contributed by atoms with Gasteiger partial charge in [-0.05, 0) is 61.2 Å². The summed E-state index contributed by atoms with van der Waals surface area (Å²) < 4.78 is 38.4. The SMILES string of the molecule is C=CC(=O)N1CCN(c2nc(=O)n(-c3c(C)cccc3C(C)C)c3nc(-c4c(F)ccc5ccoc45)c(F)cc23)[C@@H](C)C1. The molecule has 8 nitrogen and oxygen atoms in total. The van der Waals surface area contributed by atoms with Gasteiger partial charge in [-0.3, -0.25) is 4.79 Å². The first-order chi connectivity index (χ1) is 20.6. The van der Waals surface area contributed by atoms with Gasteiger partial charge in [0.15, 0.2) is 11.5 Å². The number of fused-ring (bicyclic) bond motifs is 2. The first-order valence-corrected chi connectivity index (χ1v) is 14.2. The van der Waals surface area contributed by atoms with Gasteiger partial charge in [-0.2, -0.15) is 4.98 Å². The maximum absolute atomic E-state index is 16.1. The van der Waals surface area contributed by atoms with Gasteiger partial charge >= 0.3 is 5.69 Å². The molecule has 1 aliphatic rings. The van der Waals surface area contributed by atoms with Crippen LogP contribution in [-0.4, -0.2) is 51.0 Å². The smallest absolute Gasteiger partial charge is 0.355 e. The molecule has 1 amide bonds. The number of hydrogen-bond acceptors (Lipinski definition) is 6. The zero-order valence-electron chi connectivity index (χ0n) is 24.4. The quantitative estimate of drug-likeness (QED) is 0.232. The van der Waals surface area contributed by atoms with Gasteiger partial charge < -0.3 is 14.2 Å². The van der Waals surface area contributed by atoms with E-state index in [0.29, 0.717) is 36.1 Å². The number of furan rings is 1. The zero-order valence-corrected chi connectivity index (χ0v) is 24.4. The number of carbonyl (C=O) groups excluding carboxylic acids is 1. The standard InChI is InChI=1S/C33H31F2N5O3/c1-6-26(41)38-13-14-39(20(5)17-38)31-23-16-25(35)28(27-24(34)11-10-21-12-15-43-30(21)27)36-32(23)40(33(42)37-31)29-19(4)8-7-9-22(29)18(2)3/h6-12,15-16,18,20H,1,13-14,17H2,2-5H3/t20-/m0/s1. The summed E-state index contributed by atoms with van der Waals surface area (Å²) in [6.07, 6.45) is 2.68. The number of nitrogens with zero attached hydrogens (tertiary/aromatic N) is 5. The molecule has 3 aromatic heterocycles. The van der Waals surface area contributed by atoms with Crippen molar-refractivity contribution >= 4 is 33.7 Å². The molecule has 220 valence electrons. The lowest BCUT2D eigenvalue weighted by Gasteiger charge is -2.40. The summed E-state index contributed by atoms with van der Waals surface area (Å²) in [6, 6.07) is 11.2. The Kier molecular flexibility index (Phi) is 7.07. The highest BCUT2D eigenvalue weighted by Gasteiger charge is 2.31. The highest BCUT2D eigenvalue weighted by atomic mass is 19.1. The van der Waals surface area contributed by atoms with Gasteiger partial charge in [-0.15, -0.1) is 0 Å². The van der Waals surface area contributed by atoms with Crippen LogP contribution in [0.2, 0.25) is 0 Å². The number of pyridine rings is 1. The van der Waals surface area contributed by atoms with Crippen LogP contribution in [0.15, 0.2) is 70.6 Å². The molecule has 0 spiro atoms. The van der Waals surface area contributed by atoms with E-state index < -0.39 is 17.3 Å². The van der Waals surface area contributed by atoms with Gasteiger partial charge in [-0.25, -0.2) is 23.1 Å². The van der Waals surface area contributed by atoms with Gasteiger partial charge in [0.05, 0.1) is 22.9 Å². The van der Waals surface area contributed by atoms with Crippen molar-refractivity contribution in [1.82, 2.24) is 19.4 Å². The maximum Gasteiger partial charge on any atom is 0.355 e. The summed E-state index contributed by atoms with van der Waals surface area (Å²) in [7, 11) is 0. The minimum Gasteiger partial charge on any atom is -0.464 e. The van der Waals surface area contributed by atoms with Crippen molar-refractivity contribution in [1.29, 1.82) is 0 Å². The highest BCUT2D eigenvalue weighted by molar-refractivity contribution is 5.95. The van der Waals surface area contributed by atoms with E-state index in [4.69, 9.17) is 9.40 Å². The Bertz CT molecular complexity index is 1980. The number of hydrogen-bond donors (Lipinski definition) is 0. The number of para-hydroxylation sites is 1. The van der Waals surface area contributed by atoms with Gasteiger partial charge in [0, 0.05) is 31.1 Å². The van der Waals surface area contributed by atoms with Crippen molar-refractivity contribution in [3.63, 3.8) is 0 Å². The Morgan fingerprint density at radius 1 is 1.12 bits per heavy atom. The number of piperazine rings is 1. The molecule has 0 unspecified atom stereocenters. The molecule has 2 aromatic carbocycles. The number of carbonyl (C=O) groups is 1. The van der Waals surface area contributed by atoms with Crippen LogP contribution in [-0.2, 0) is 4.79 Å². The molecule has 5 aromatic rings. The van der Waals surface area contributed by atoms with Gasteiger partial charge in [0.1, 0.15) is 22.9 Å². The zero-order chi connectivity index (χ0) is 30.6. The van der Waals surface area contributed by atoms with E-state index in [9.17, 15) is 9.59 Å². The van der Waals surface area contributed by atoms with E-state index in [2.05, 4.69) is 11.6 Å². The lowest BCUT2D eigenvalue weighted by atomic mass is 9.98.